The lowest BCUT2D eigenvalue weighted by Crippen LogP contribution is -3.13. The van der Waals surface area contributed by atoms with Crippen molar-refractivity contribution in [3.8, 4) is 0 Å². The summed E-state index contributed by atoms with van der Waals surface area (Å²) in [6.45, 7) is 12.5. The summed E-state index contributed by atoms with van der Waals surface area (Å²) in [6.07, 6.45) is 4.70. The predicted molar refractivity (Wildman–Crippen MR) is 78.1 cm³/mol. The molecule has 2 heterocycles. The van der Waals surface area contributed by atoms with Gasteiger partial charge in [0.15, 0.2) is 0 Å². The third-order valence-corrected chi connectivity index (χ3v) is 4.71. The van der Waals surface area contributed by atoms with E-state index < -0.39 is 0 Å². The molecule has 0 radical (unpaired) electrons. The van der Waals surface area contributed by atoms with Crippen molar-refractivity contribution < 1.29 is 9.69 Å². The Kier molecular flexibility index (Phi) is 5.26. The van der Waals surface area contributed by atoms with Gasteiger partial charge in [0.1, 0.15) is 0 Å². The van der Waals surface area contributed by atoms with E-state index in [1.54, 1.807) is 4.90 Å². The van der Waals surface area contributed by atoms with Gasteiger partial charge in [-0.15, -0.1) is 0 Å². The number of rotatable bonds is 3. The molecular weight excluding hydrogens is 236 g/mol. The topological polar surface area (TPSA) is 24.8 Å². The van der Waals surface area contributed by atoms with Gasteiger partial charge in [-0.25, -0.2) is 0 Å². The molecule has 2 aliphatic rings. The smallest absolute Gasteiger partial charge is 0.226 e. The number of hydrogen-bond donors (Lipinski definition) is 1. The number of amides is 1. The van der Waals surface area contributed by atoms with Crippen LogP contribution in [0.15, 0.2) is 0 Å². The molecule has 1 N–H and O–H groups in total. The van der Waals surface area contributed by atoms with Crippen LogP contribution in [0.5, 0.6) is 0 Å². The molecule has 2 saturated heterocycles. The van der Waals surface area contributed by atoms with Crippen molar-refractivity contribution in [2.75, 3.05) is 32.7 Å². The molecule has 0 saturated carbocycles. The molecule has 2 fully saturated rings. The van der Waals surface area contributed by atoms with Gasteiger partial charge < -0.3 is 9.80 Å². The van der Waals surface area contributed by atoms with Gasteiger partial charge in [0, 0.05) is 37.8 Å². The van der Waals surface area contributed by atoms with Crippen molar-refractivity contribution in [3.63, 3.8) is 0 Å². The minimum Gasteiger partial charge on any atom is -0.342 e. The van der Waals surface area contributed by atoms with Gasteiger partial charge in [0.25, 0.3) is 0 Å². The molecule has 3 heteroatoms. The molecule has 0 aromatic carbocycles. The molecule has 1 amide bonds. The zero-order valence-corrected chi connectivity index (χ0v) is 13.0. The maximum atomic E-state index is 12.5. The second-order valence-electron chi connectivity index (χ2n) is 7.15. The fraction of sp³-hybridized carbons (Fsp3) is 0.938. The summed E-state index contributed by atoms with van der Waals surface area (Å²) in [5, 5.41) is 0. The second kappa shape index (κ2) is 6.74. The fourth-order valence-electron chi connectivity index (χ4n) is 3.70. The van der Waals surface area contributed by atoms with Gasteiger partial charge in [0.05, 0.1) is 19.6 Å². The van der Waals surface area contributed by atoms with E-state index in [9.17, 15) is 4.79 Å². The first-order valence-corrected chi connectivity index (χ1v) is 8.18. The van der Waals surface area contributed by atoms with E-state index in [4.69, 9.17) is 0 Å². The Balaban J connectivity index is 1.78. The standard InChI is InChI=1S/C16H30N2O/c1-13(2)11-17-9-6-15(7-10-17)16(19)18-8-4-5-14(3)12-18/h13-15H,4-12H2,1-3H3/p+1/t14-/m1/s1. The van der Waals surface area contributed by atoms with Crippen molar-refractivity contribution in [2.45, 2.75) is 46.5 Å². The highest BCUT2D eigenvalue weighted by atomic mass is 16.2. The first-order valence-electron chi connectivity index (χ1n) is 8.18. The third kappa shape index (κ3) is 4.20. The lowest BCUT2D eigenvalue weighted by atomic mass is 9.92. The number of hydrogen-bond acceptors (Lipinski definition) is 1. The Morgan fingerprint density at radius 2 is 1.95 bits per heavy atom. The van der Waals surface area contributed by atoms with Crippen LogP contribution >= 0.6 is 0 Å². The van der Waals surface area contributed by atoms with Crippen LogP contribution in [0, 0.1) is 17.8 Å². The molecular formula is C16H31N2O+. The van der Waals surface area contributed by atoms with Gasteiger partial charge in [-0.3, -0.25) is 4.79 Å². The Labute approximate surface area is 118 Å². The van der Waals surface area contributed by atoms with Crippen LogP contribution in [0.3, 0.4) is 0 Å². The van der Waals surface area contributed by atoms with Gasteiger partial charge in [-0.2, -0.15) is 0 Å². The van der Waals surface area contributed by atoms with Gasteiger partial charge in [-0.1, -0.05) is 20.8 Å². The van der Waals surface area contributed by atoms with E-state index >= 15 is 0 Å². The number of quaternary nitrogens is 1. The van der Waals surface area contributed by atoms with Crippen LogP contribution in [-0.4, -0.2) is 43.5 Å². The number of carbonyl (C=O) groups is 1. The number of piperidine rings is 2. The van der Waals surface area contributed by atoms with Crippen molar-refractivity contribution in [1.82, 2.24) is 4.90 Å². The summed E-state index contributed by atoms with van der Waals surface area (Å²) in [7, 11) is 0. The predicted octanol–water partition coefficient (Wildman–Crippen LogP) is 1.20. The average Bonchev–Trinajstić information content (AvgIpc) is 2.38. The zero-order chi connectivity index (χ0) is 13.8. The largest absolute Gasteiger partial charge is 0.342 e. The van der Waals surface area contributed by atoms with Crippen LogP contribution in [0.25, 0.3) is 0 Å². The van der Waals surface area contributed by atoms with Crippen LogP contribution in [0.4, 0.5) is 0 Å². The maximum absolute atomic E-state index is 12.5. The Morgan fingerprint density at radius 3 is 2.53 bits per heavy atom. The van der Waals surface area contributed by atoms with Crippen molar-refractivity contribution in [1.29, 1.82) is 0 Å². The van der Waals surface area contributed by atoms with Crippen LogP contribution in [-0.2, 0) is 4.79 Å². The van der Waals surface area contributed by atoms with Crippen molar-refractivity contribution in [2.24, 2.45) is 17.8 Å². The number of nitrogens with one attached hydrogen (secondary N) is 1. The molecule has 2 rings (SSSR count). The molecule has 0 spiro atoms. The lowest BCUT2D eigenvalue weighted by Gasteiger charge is -2.36. The summed E-state index contributed by atoms with van der Waals surface area (Å²) in [5.41, 5.74) is 0. The van der Waals surface area contributed by atoms with E-state index in [1.165, 1.54) is 32.5 Å². The Morgan fingerprint density at radius 1 is 1.26 bits per heavy atom. The third-order valence-electron chi connectivity index (χ3n) is 4.71. The van der Waals surface area contributed by atoms with E-state index in [0.717, 1.165) is 31.8 Å². The maximum Gasteiger partial charge on any atom is 0.226 e. The molecule has 0 aromatic rings. The average molecular weight is 267 g/mol. The van der Waals surface area contributed by atoms with E-state index in [1.807, 2.05) is 0 Å². The normalized spacial score (nSPS) is 32.6. The quantitative estimate of drug-likeness (QED) is 0.816. The molecule has 2 aliphatic heterocycles. The minimum atomic E-state index is 0.321. The van der Waals surface area contributed by atoms with E-state index in [0.29, 0.717) is 17.7 Å². The molecule has 110 valence electrons. The number of carbonyl (C=O) groups excluding carboxylic acids is 1. The highest BCUT2D eigenvalue weighted by Gasteiger charge is 2.32. The van der Waals surface area contributed by atoms with Gasteiger partial charge >= 0.3 is 0 Å². The number of likely N-dealkylation sites (tertiary alicyclic amines) is 2. The Bertz CT molecular complexity index is 295. The lowest BCUT2D eigenvalue weighted by molar-refractivity contribution is -0.908. The zero-order valence-electron chi connectivity index (χ0n) is 13.0. The molecule has 3 nitrogen and oxygen atoms in total. The molecule has 0 aromatic heterocycles. The van der Waals surface area contributed by atoms with E-state index in [2.05, 4.69) is 25.7 Å². The summed E-state index contributed by atoms with van der Waals surface area (Å²) in [5.74, 6) is 2.24. The van der Waals surface area contributed by atoms with Gasteiger partial charge in [-0.05, 0) is 18.8 Å². The van der Waals surface area contributed by atoms with E-state index in [-0.39, 0.29) is 0 Å². The molecule has 0 unspecified atom stereocenters. The van der Waals surface area contributed by atoms with Crippen LogP contribution < -0.4 is 4.90 Å². The van der Waals surface area contributed by atoms with Crippen LogP contribution in [0.2, 0.25) is 0 Å². The molecule has 0 bridgehead atoms. The molecule has 0 aliphatic carbocycles. The van der Waals surface area contributed by atoms with Crippen molar-refractivity contribution in [3.05, 3.63) is 0 Å². The Hall–Kier alpha value is -0.570. The van der Waals surface area contributed by atoms with Gasteiger partial charge in [0.2, 0.25) is 5.91 Å². The molecule has 1 atom stereocenters. The highest BCUT2D eigenvalue weighted by molar-refractivity contribution is 5.79. The summed E-state index contributed by atoms with van der Waals surface area (Å²) >= 11 is 0. The summed E-state index contributed by atoms with van der Waals surface area (Å²) < 4.78 is 0. The van der Waals surface area contributed by atoms with Crippen LogP contribution in [0.1, 0.15) is 46.5 Å². The van der Waals surface area contributed by atoms with Crippen molar-refractivity contribution >= 4 is 5.91 Å². The first-order chi connectivity index (χ1) is 9.06. The molecule has 19 heavy (non-hydrogen) atoms. The fourth-order valence-corrected chi connectivity index (χ4v) is 3.70. The summed E-state index contributed by atoms with van der Waals surface area (Å²) in [4.78, 5) is 16.4. The first kappa shape index (κ1) is 14.8. The SMILES string of the molecule is CC(C)C[NH+]1CCC(C(=O)N2CCC[C@@H](C)C2)CC1. The highest BCUT2D eigenvalue weighted by Crippen LogP contribution is 2.20. The second-order valence-corrected chi connectivity index (χ2v) is 7.15. The number of nitrogens with zero attached hydrogens (tertiary/aromatic N) is 1. The minimum absolute atomic E-state index is 0.321. The summed E-state index contributed by atoms with van der Waals surface area (Å²) in [6, 6.07) is 0. The monoisotopic (exact) mass is 267 g/mol.